The van der Waals surface area contributed by atoms with Crippen molar-refractivity contribution in [3.8, 4) is 0 Å². The summed E-state index contributed by atoms with van der Waals surface area (Å²) in [6, 6.07) is 17.0. The van der Waals surface area contributed by atoms with Gasteiger partial charge in [-0.05, 0) is 28.5 Å². The molecule has 2 aromatic rings. The van der Waals surface area contributed by atoms with E-state index in [1.165, 1.54) is 16.8 Å². The fourth-order valence-electron chi connectivity index (χ4n) is 3.41. The Morgan fingerprint density at radius 1 is 0.880 bits per heavy atom. The average Bonchev–Trinajstić information content (AvgIpc) is 3.10. The van der Waals surface area contributed by atoms with Gasteiger partial charge in [-0.15, -0.1) is 0 Å². The molecule has 1 fully saturated rings. The first-order chi connectivity index (χ1) is 12.0. The van der Waals surface area contributed by atoms with Crippen molar-refractivity contribution in [1.29, 1.82) is 0 Å². The fraction of sp³-hybridized carbons (Fsp3) is 0.348. The number of anilines is 1. The van der Waals surface area contributed by atoms with Gasteiger partial charge in [0, 0.05) is 24.5 Å². The SMILES string of the molecule is C=C(c1ccccc1)N1[C]N(c2c(C(C)C)cccc2C(C)C)CC1. The largest absolute Gasteiger partial charge is 0.339 e. The van der Waals surface area contributed by atoms with Crippen LogP contribution in [0.5, 0.6) is 0 Å². The van der Waals surface area contributed by atoms with Crippen molar-refractivity contribution in [3.63, 3.8) is 0 Å². The Bertz CT molecular complexity index is 705. The normalized spacial score (nSPS) is 14.6. The van der Waals surface area contributed by atoms with Gasteiger partial charge in [-0.3, -0.25) is 0 Å². The molecule has 3 rings (SSSR count). The maximum Gasteiger partial charge on any atom is 0.208 e. The van der Waals surface area contributed by atoms with Crippen LogP contribution in [0, 0.1) is 6.67 Å². The number of benzene rings is 2. The third kappa shape index (κ3) is 3.58. The molecule has 2 aromatic carbocycles. The van der Waals surface area contributed by atoms with E-state index in [9.17, 15) is 0 Å². The first-order valence-electron chi connectivity index (χ1n) is 9.17. The Morgan fingerprint density at radius 2 is 1.48 bits per heavy atom. The summed E-state index contributed by atoms with van der Waals surface area (Å²) < 4.78 is 0. The summed E-state index contributed by atoms with van der Waals surface area (Å²) in [5.74, 6) is 0.976. The minimum Gasteiger partial charge on any atom is -0.339 e. The van der Waals surface area contributed by atoms with E-state index >= 15 is 0 Å². The molecule has 0 saturated carbocycles. The fourth-order valence-corrected chi connectivity index (χ4v) is 3.41. The van der Waals surface area contributed by atoms with Crippen LogP contribution in [0.4, 0.5) is 5.69 Å². The summed E-state index contributed by atoms with van der Waals surface area (Å²) >= 11 is 0. The Hall–Kier alpha value is -2.22. The molecule has 1 saturated heterocycles. The van der Waals surface area contributed by atoms with Gasteiger partial charge in [-0.1, -0.05) is 82.8 Å². The summed E-state index contributed by atoms with van der Waals surface area (Å²) in [5, 5.41) is 0. The van der Waals surface area contributed by atoms with E-state index in [2.05, 4.69) is 93.2 Å². The standard InChI is InChI=1S/C23H28N2/c1-17(2)21-12-9-13-22(18(3)4)23(21)25-15-14-24(16-25)19(5)20-10-7-6-8-11-20/h6-13,17-18H,5,14-15H2,1-4H3. The molecule has 0 spiro atoms. The van der Waals surface area contributed by atoms with Crippen LogP contribution in [0.3, 0.4) is 0 Å². The predicted molar refractivity (Wildman–Crippen MR) is 107 cm³/mol. The smallest absolute Gasteiger partial charge is 0.208 e. The molecular formula is C23H28N2. The van der Waals surface area contributed by atoms with Gasteiger partial charge < -0.3 is 9.80 Å². The highest BCUT2D eigenvalue weighted by atomic mass is 15.4. The lowest BCUT2D eigenvalue weighted by molar-refractivity contribution is 0.562. The molecule has 0 unspecified atom stereocenters. The van der Waals surface area contributed by atoms with Crippen LogP contribution in [0.25, 0.3) is 5.70 Å². The highest BCUT2D eigenvalue weighted by Crippen LogP contribution is 2.38. The van der Waals surface area contributed by atoms with Crippen molar-refractivity contribution >= 4 is 11.4 Å². The van der Waals surface area contributed by atoms with Crippen molar-refractivity contribution in [2.75, 3.05) is 18.0 Å². The molecule has 0 amide bonds. The molecule has 0 atom stereocenters. The van der Waals surface area contributed by atoms with Crippen LogP contribution < -0.4 is 4.90 Å². The van der Waals surface area contributed by atoms with Crippen LogP contribution in [-0.2, 0) is 0 Å². The molecule has 2 nitrogen and oxygen atoms in total. The van der Waals surface area contributed by atoms with E-state index in [4.69, 9.17) is 0 Å². The summed E-state index contributed by atoms with van der Waals surface area (Å²) in [4.78, 5) is 4.44. The lowest BCUT2D eigenvalue weighted by atomic mass is 9.92. The van der Waals surface area contributed by atoms with Gasteiger partial charge in [0.1, 0.15) is 0 Å². The van der Waals surface area contributed by atoms with E-state index in [0.717, 1.165) is 24.4 Å². The van der Waals surface area contributed by atoms with Crippen LogP contribution >= 0.6 is 0 Å². The Morgan fingerprint density at radius 3 is 2.04 bits per heavy atom. The number of rotatable bonds is 5. The monoisotopic (exact) mass is 332 g/mol. The third-order valence-electron chi connectivity index (χ3n) is 4.83. The summed E-state index contributed by atoms with van der Waals surface area (Å²) in [6.45, 7) is 18.8. The Kier molecular flexibility index (Phi) is 5.17. The third-order valence-corrected chi connectivity index (χ3v) is 4.83. The molecule has 130 valence electrons. The van der Waals surface area contributed by atoms with E-state index in [1.54, 1.807) is 0 Å². The van der Waals surface area contributed by atoms with Gasteiger partial charge >= 0.3 is 0 Å². The maximum atomic E-state index is 4.29. The minimum atomic E-state index is 0.488. The number of hydrogen-bond acceptors (Lipinski definition) is 2. The number of nitrogens with zero attached hydrogens (tertiary/aromatic N) is 2. The predicted octanol–water partition coefficient (Wildman–Crippen LogP) is 5.72. The van der Waals surface area contributed by atoms with Gasteiger partial charge in [-0.2, -0.15) is 0 Å². The van der Waals surface area contributed by atoms with Crippen LogP contribution in [0.1, 0.15) is 56.2 Å². The minimum absolute atomic E-state index is 0.488. The second-order valence-electron chi connectivity index (χ2n) is 7.31. The Labute approximate surface area is 152 Å². The molecule has 25 heavy (non-hydrogen) atoms. The molecule has 1 aliphatic heterocycles. The topological polar surface area (TPSA) is 6.48 Å². The van der Waals surface area contributed by atoms with Gasteiger partial charge in [0.25, 0.3) is 0 Å². The Balaban J connectivity index is 1.88. The molecule has 2 heteroatoms. The van der Waals surface area contributed by atoms with Crippen molar-refractivity contribution in [1.82, 2.24) is 4.90 Å². The summed E-state index contributed by atoms with van der Waals surface area (Å²) in [7, 11) is 0. The molecule has 0 aliphatic carbocycles. The van der Waals surface area contributed by atoms with Gasteiger partial charge in [0.2, 0.25) is 6.67 Å². The first-order valence-corrected chi connectivity index (χ1v) is 9.17. The van der Waals surface area contributed by atoms with E-state index in [1.807, 2.05) is 6.07 Å². The van der Waals surface area contributed by atoms with E-state index in [0.29, 0.717) is 11.8 Å². The first kappa shape index (κ1) is 17.6. The molecule has 0 bridgehead atoms. The summed E-state index contributed by atoms with van der Waals surface area (Å²) in [5.41, 5.74) is 6.28. The lowest BCUT2D eigenvalue weighted by Gasteiger charge is -2.27. The van der Waals surface area contributed by atoms with Crippen molar-refractivity contribution in [2.45, 2.75) is 39.5 Å². The second-order valence-corrected chi connectivity index (χ2v) is 7.31. The van der Waals surface area contributed by atoms with Crippen molar-refractivity contribution < 1.29 is 0 Å². The molecule has 0 N–H and O–H groups in total. The van der Waals surface area contributed by atoms with Crippen LogP contribution in [-0.4, -0.2) is 18.0 Å². The van der Waals surface area contributed by atoms with Crippen molar-refractivity contribution in [2.24, 2.45) is 0 Å². The lowest BCUT2D eigenvalue weighted by Crippen LogP contribution is -2.21. The molecule has 0 aromatic heterocycles. The molecule has 2 radical (unpaired) electrons. The summed E-state index contributed by atoms with van der Waals surface area (Å²) in [6.07, 6.45) is 0. The number of hydrogen-bond donors (Lipinski definition) is 0. The molecule has 1 heterocycles. The van der Waals surface area contributed by atoms with Gasteiger partial charge in [-0.25, -0.2) is 0 Å². The van der Waals surface area contributed by atoms with Crippen LogP contribution in [0.15, 0.2) is 55.1 Å². The highest BCUT2D eigenvalue weighted by molar-refractivity contribution is 5.67. The van der Waals surface area contributed by atoms with E-state index in [-0.39, 0.29) is 0 Å². The quantitative estimate of drug-likeness (QED) is 0.690. The average molecular weight is 332 g/mol. The second kappa shape index (κ2) is 7.35. The maximum absolute atomic E-state index is 4.29. The zero-order valence-corrected chi connectivity index (χ0v) is 15.8. The van der Waals surface area contributed by atoms with Gasteiger partial charge in [0.15, 0.2) is 0 Å². The molecular weight excluding hydrogens is 304 g/mol. The van der Waals surface area contributed by atoms with Crippen molar-refractivity contribution in [3.05, 3.63) is 78.5 Å². The van der Waals surface area contributed by atoms with E-state index < -0.39 is 0 Å². The number of para-hydroxylation sites is 1. The van der Waals surface area contributed by atoms with Gasteiger partial charge in [0.05, 0.1) is 0 Å². The zero-order chi connectivity index (χ0) is 18.0. The zero-order valence-electron chi connectivity index (χ0n) is 15.8. The van der Waals surface area contributed by atoms with Crippen LogP contribution in [0.2, 0.25) is 0 Å². The molecule has 1 aliphatic rings. The highest BCUT2D eigenvalue weighted by Gasteiger charge is 2.28.